The third kappa shape index (κ3) is 3.93. The molecule has 0 aliphatic heterocycles. The minimum absolute atomic E-state index is 0.122. The van der Waals surface area contributed by atoms with Crippen molar-refractivity contribution < 1.29 is 14.9 Å². The lowest BCUT2D eigenvalue weighted by atomic mass is 10.3. The summed E-state index contributed by atoms with van der Waals surface area (Å²) in [5.74, 6) is 0.708. The van der Waals surface area contributed by atoms with E-state index < -0.39 is 6.10 Å². The zero-order valence-corrected chi connectivity index (χ0v) is 9.14. The van der Waals surface area contributed by atoms with Gasteiger partial charge in [-0.15, -0.1) is 0 Å². The summed E-state index contributed by atoms with van der Waals surface area (Å²) in [6.07, 6.45) is -0.808. The molecule has 0 saturated heterocycles. The maximum absolute atomic E-state index is 9.01. The highest BCUT2D eigenvalue weighted by molar-refractivity contribution is 14.1. The van der Waals surface area contributed by atoms with Gasteiger partial charge < -0.3 is 14.9 Å². The Labute approximate surface area is 90.5 Å². The van der Waals surface area contributed by atoms with Crippen molar-refractivity contribution in [2.24, 2.45) is 0 Å². The first-order chi connectivity index (χ1) is 6.22. The van der Waals surface area contributed by atoms with E-state index in [-0.39, 0.29) is 13.2 Å². The Hall–Kier alpha value is -0.330. The van der Waals surface area contributed by atoms with Gasteiger partial charge in [0.25, 0.3) is 0 Å². The summed E-state index contributed by atoms with van der Waals surface area (Å²) < 4.78 is 6.30. The number of aliphatic hydroxyl groups is 2. The topological polar surface area (TPSA) is 49.7 Å². The summed E-state index contributed by atoms with van der Waals surface area (Å²) in [6.45, 7) is -0.152. The van der Waals surface area contributed by atoms with Gasteiger partial charge in [-0.3, -0.25) is 0 Å². The van der Waals surface area contributed by atoms with Gasteiger partial charge in [0.1, 0.15) is 18.5 Å². The Morgan fingerprint density at radius 3 is 2.85 bits per heavy atom. The van der Waals surface area contributed by atoms with Gasteiger partial charge >= 0.3 is 0 Å². The van der Waals surface area contributed by atoms with Gasteiger partial charge in [0.15, 0.2) is 0 Å². The van der Waals surface area contributed by atoms with Crippen molar-refractivity contribution in [2.75, 3.05) is 13.2 Å². The van der Waals surface area contributed by atoms with Gasteiger partial charge in [0.05, 0.1) is 6.61 Å². The quantitative estimate of drug-likeness (QED) is 0.815. The molecule has 1 unspecified atom stereocenters. The average molecular weight is 294 g/mol. The Balaban J connectivity index is 2.45. The van der Waals surface area contributed by atoms with E-state index in [2.05, 4.69) is 22.6 Å². The first-order valence-corrected chi connectivity index (χ1v) is 4.97. The summed E-state index contributed by atoms with van der Waals surface area (Å²) in [5, 5.41) is 17.5. The molecule has 1 aromatic rings. The van der Waals surface area contributed by atoms with Gasteiger partial charge in [0, 0.05) is 3.57 Å². The molecule has 3 nitrogen and oxygen atoms in total. The molecule has 0 fully saturated rings. The molecule has 0 saturated carbocycles. The van der Waals surface area contributed by atoms with Crippen molar-refractivity contribution in [3.8, 4) is 5.75 Å². The standard InChI is InChI=1S/C9H11IO3/c10-7-2-1-3-9(4-7)13-6-8(12)5-11/h1-4,8,11-12H,5-6H2. The van der Waals surface area contributed by atoms with E-state index >= 15 is 0 Å². The van der Waals surface area contributed by atoms with E-state index in [0.717, 1.165) is 3.57 Å². The van der Waals surface area contributed by atoms with Crippen molar-refractivity contribution in [2.45, 2.75) is 6.10 Å². The summed E-state index contributed by atoms with van der Waals surface area (Å²) in [6, 6.07) is 7.51. The smallest absolute Gasteiger partial charge is 0.120 e. The van der Waals surface area contributed by atoms with Crippen molar-refractivity contribution in [1.29, 1.82) is 0 Å². The molecule has 72 valence electrons. The Kier molecular flexibility index (Phi) is 4.47. The van der Waals surface area contributed by atoms with Gasteiger partial charge in [-0.25, -0.2) is 0 Å². The molecule has 0 aliphatic carbocycles. The van der Waals surface area contributed by atoms with Gasteiger partial charge in [-0.05, 0) is 40.8 Å². The van der Waals surface area contributed by atoms with Crippen LogP contribution in [0.1, 0.15) is 0 Å². The molecular formula is C9H11IO3. The lowest BCUT2D eigenvalue weighted by Crippen LogP contribution is -2.21. The molecule has 0 aromatic heterocycles. The lowest BCUT2D eigenvalue weighted by molar-refractivity contribution is 0.0536. The molecule has 0 spiro atoms. The van der Waals surface area contributed by atoms with Crippen LogP contribution in [0, 0.1) is 3.57 Å². The van der Waals surface area contributed by atoms with E-state index in [1.165, 1.54) is 0 Å². The van der Waals surface area contributed by atoms with Crippen LogP contribution in [0.4, 0.5) is 0 Å². The molecule has 0 bridgehead atoms. The first kappa shape index (κ1) is 10.7. The molecule has 13 heavy (non-hydrogen) atoms. The number of ether oxygens (including phenoxy) is 1. The van der Waals surface area contributed by atoms with Gasteiger partial charge in [0.2, 0.25) is 0 Å². The molecule has 0 aliphatic rings. The fourth-order valence-corrected chi connectivity index (χ4v) is 1.32. The highest BCUT2D eigenvalue weighted by Gasteiger charge is 2.02. The largest absolute Gasteiger partial charge is 0.491 e. The van der Waals surface area contributed by atoms with E-state index in [4.69, 9.17) is 14.9 Å². The van der Waals surface area contributed by atoms with Gasteiger partial charge in [-0.2, -0.15) is 0 Å². The van der Waals surface area contributed by atoms with Crippen LogP contribution in [0.2, 0.25) is 0 Å². The number of rotatable bonds is 4. The van der Waals surface area contributed by atoms with Crippen LogP contribution in [0.15, 0.2) is 24.3 Å². The predicted octanol–water partition coefficient (Wildman–Crippen LogP) is 1.02. The molecule has 0 heterocycles. The molecule has 1 aromatic carbocycles. The van der Waals surface area contributed by atoms with Crippen molar-refractivity contribution >= 4 is 22.6 Å². The highest BCUT2D eigenvalue weighted by atomic mass is 127. The molecule has 0 amide bonds. The monoisotopic (exact) mass is 294 g/mol. The zero-order valence-electron chi connectivity index (χ0n) is 6.98. The third-order valence-corrected chi connectivity index (χ3v) is 2.12. The molecule has 0 radical (unpaired) electrons. The summed E-state index contributed by atoms with van der Waals surface area (Å²) in [5.41, 5.74) is 0. The minimum Gasteiger partial charge on any atom is -0.491 e. The summed E-state index contributed by atoms with van der Waals surface area (Å²) >= 11 is 2.18. The van der Waals surface area contributed by atoms with E-state index in [9.17, 15) is 0 Å². The fourth-order valence-electron chi connectivity index (χ4n) is 0.802. The second-order valence-electron chi connectivity index (χ2n) is 2.60. The number of aliphatic hydroxyl groups excluding tert-OH is 2. The van der Waals surface area contributed by atoms with Crippen molar-refractivity contribution in [3.63, 3.8) is 0 Å². The number of hydrogen-bond acceptors (Lipinski definition) is 3. The SMILES string of the molecule is OCC(O)COc1cccc(I)c1. The van der Waals surface area contributed by atoms with Crippen molar-refractivity contribution in [3.05, 3.63) is 27.8 Å². The third-order valence-electron chi connectivity index (χ3n) is 1.45. The Morgan fingerprint density at radius 1 is 1.46 bits per heavy atom. The molecule has 2 N–H and O–H groups in total. The Bertz CT molecular complexity index is 265. The minimum atomic E-state index is -0.808. The maximum atomic E-state index is 9.01. The number of benzene rings is 1. The van der Waals surface area contributed by atoms with E-state index in [0.29, 0.717) is 5.75 Å². The Morgan fingerprint density at radius 2 is 2.23 bits per heavy atom. The van der Waals surface area contributed by atoms with E-state index in [1.807, 2.05) is 24.3 Å². The number of hydrogen-bond donors (Lipinski definition) is 2. The maximum Gasteiger partial charge on any atom is 0.120 e. The lowest BCUT2D eigenvalue weighted by Gasteiger charge is -2.09. The second-order valence-corrected chi connectivity index (χ2v) is 3.85. The average Bonchev–Trinajstić information content (AvgIpc) is 2.14. The molecule has 4 heteroatoms. The van der Waals surface area contributed by atoms with Crippen LogP contribution in [0.25, 0.3) is 0 Å². The van der Waals surface area contributed by atoms with Crippen LogP contribution in [0.3, 0.4) is 0 Å². The molecule has 1 rings (SSSR count). The number of halogens is 1. The summed E-state index contributed by atoms with van der Waals surface area (Å²) in [4.78, 5) is 0. The normalized spacial score (nSPS) is 12.5. The van der Waals surface area contributed by atoms with Crippen LogP contribution in [-0.2, 0) is 0 Å². The second kappa shape index (κ2) is 5.41. The van der Waals surface area contributed by atoms with Crippen LogP contribution in [-0.4, -0.2) is 29.5 Å². The first-order valence-electron chi connectivity index (χ1n) is 3.89. The summed E-state index contributed by atoms with van der Waals surface area (Å²) in [7, 11) is 0. The highest BCUT2D eigenvalue weighted by Crippen LogP contribution is 2.14. The zero-order chi connectivity index (χ0) is 9.68. The van der Waals surface area contributed by atoms with Crippen LogP contribution < -0.4 is 4.74 Å². The van der Waals surface area contributed by atoms with Crippen LogP contribution in [0.5, 0.6) is 5.75 Å². The van der Waals surface area contributed by atoms with E-state index in [1.54, 1.807) is 0 Å². The van der Waals surface area contributed by atoms with Crippen LogP contribution >= 0.6 is 22.6 Å². The predicted molar refractivity (Wildman–Crippen MR) is 57.7 cm³/mol. The molecular weight excluding hydrogens is 283 g/mol. The van der Waals surface area contributed by atoms with Crippen molar-refractivity contribution in [1.82, 2.24) is 0 Å². The van der Waals surface area contributed by atoms with Gasteiger partial charge in [-0.1, -0.05) is 6.07 Å². The molecule has 1 atom stereocenters. The fraction of sp³-hybridized carbons (Fsp3) is 0.333.